The summed E-state index contributed by atoms with van der Waals surface area (Å²) in [5.74, 6) is 0.391. The molecule has 0 unspecified atom stereocenters. The maximum Gasteiger partial charge on any atom is 0.359 e. The van der Waals surface area contributed by atoms with Gasteiger partial charge in [0.25, 0.3) is 5.91 Å². The normalized spacial score (nSPS) is 12.6. The van der Waals surface area contributed by atoms with Gasteiger partial charge >= 0.3 is 5.97 Å². The summed E-state index contributed by atoms with van der Waals surface area (Å²) in [6, 6.07) is 29.7. The summed E-state index contributed by atoms with van der Waals surface area (Å²) in [5.41, 5.74) is 5.13. The molecule has 0 spiro atoms. The zero-order valence-corrected chi connectivity index (χ0v) is 27.1. The lowest BCUT2D eigenvalue weighted by molar-refractivity contribution is -0.0425. The second-order valence-corrected chi connectivity index (χ2v) is 11.7. The molecular formula is C39H39N3O6. The van der Waals surface area contributed by atoms with Crippen LogP contribution in [0, 0.1) is 0 Å². The first kappa shape index (κ1) is 32.7. The number of aliphatic hydroxyl groups excluding tert-OH is 1. The van der Waals surface area contributed by atoms with Gasteiger partial charge in [-0.1, -0.05) is 74.0 Å². The Morgan fingerprint density at radius 2 is 1.62 bits per heavy atom. The fourth-order valence-electron chi connectivity index (χ4n) is 6.13. The van der Waals surface area contributed by atoms with Crippen LogP contribution >= 0.6 is 0 Å². The average molecular weight is 646 g/mol. The number of unbranched alkanes of at least 4 members (excludes halogenated alkanes) is 1. The number of hydrogen-bond acceptors (Lipinski definition) is 7. The maximum absolute atomic E-state index is 14.4. The van der Waals surface area contributed by atoms with Gasteiger partial charge in [-0.25, -0.2) is 9.48 Å². The summed E-state index contributed by atoms with van der Waals surface area (Å²) < 4.78 is 13.4. The molecule has 9 heteroatoms. The molecule has 2 heterocycles. The van der Waals surface area contributed by atoms with Gasteiger partial charge in [0.2, 0.25) is 0 Å². The number of aromatic nitrogens is 2. The van der Waals surface area contributed by atoms with Crippen molar-refractivity contribution in [2.75, 3.05) is 13.2 Å². The topological polar surface area (TPSA) is 114 Å². The first-order valence-electron chi connectivity index (χ1n) is 16.4. The van der Waals surface area contributed by atoms with E-state index in [1.165, 1.54) is 11.6 Å². The lowest BCUT2D eigenvalue weighted by atomic mass is 9.92. The molecule has 0 radical (unpaired) electrons. The lowest BCUT2D eigenvalue weighted by Gasteiger charge is -2.30. The average Bonchev–Trinajstić information content (AvgIpc) is 3.50. The number of fused-ring (bicyclic) bond motifs is 1. The molecule has 5 aromatic rings. The molecule has 246 valence electrons. The van der Waals surface area contributed by atoms with Gasteiger partial charge in [-0.2, -0.15) is 5.10 Å². The second-order valence-electron chi connectivity index (χ2n) is 11.7. The van der Waals surface area contributed by atoms with Gasteiger partial charge in [-0.05, 0) is 73.2 Å². The van der Waals surface area contributed by atoms with Gasteiger partial charge in [0.15, 0.2) is 12.0 Å². The van der Waals surface area contributed by atoms with Crippen LogP contribution in [-0.2, 0) is 24.1 Å². The molecule has 0 saturated heterocycles. The van der Waals surface area contributed by atoms with E-state index < -0.39 is 12.3 Å². The molecule has 1 aliphatic rings. The van der Waals surface area contributed by atoms with Crippen LogP contribution in [0.5, 0.6) is 11.5 Å². The Morgan fingerprint density at radius 1 is 0.875 bits per heavy atom. The Kier molecular flexibility index (Phi) is 9.99. The third kappa shape index (κ3) is 6.88. The minimum absolute atomic E-state index is 0.0765. The van der Waals surface area contributed by atoms with Gasteiger partial charge in [0, 0.05) is 35.8 Å². The van der Waals surface area contributed by atoms with E-state index in [9.17, 15) is 19.8 Å². The Morgan fingerprint density at radius 3 is 2.38 bits per heavy atom. The molecule has 2 N–H and O–H groups in total. The summed E-state index contributed by atoms with van der Waals surface area (Å²) in [5, 5.41) is 25.1. The molecule has 1 aromatic heterocycles. The van der Waals surface area contributed by atoms with E-state index in [2.05, 4.69) is 13.0 Å². The number of hydrogen-bond donors (Lipinski definition) is 2. The highest BCUT2D eigenvalue weighted by atomic mass is 16.5. The molecule has 0 atom stereocenters. The van der Waals surface area contributed by atoms with Gasteiger partial charge in [0.1, 0.15) is 11.5 Å². The van der Waals surface area contributed by atoms with Crippen molar-refractivity contribution in [3.63, 3.8) is 0 Å². The summed E-state index contributed by atoms with van der Waals surface area (Å²) in [7, 11) is 0. The molecule has 48 heavy (non-hydrogen) atoms. The van der Waals surface area contributed by atoms with E-state index in [4.69, 9.17) is 14.6 Å². The SMILES string of the molecule is CCCCc1c(-c2ccc(C(O)O)cc2C(=O)N2CCc3ccccc3C2)c(C(=O)OCC)nn1-c1cccc(Oc2ccccc2)c1. The Hall–Kier alpha value is -5.25. The first-order chi connectivity index (χ1) is 23.4. The van der Waals surface area contributed by atoms with Crippen molar-refractivity contribution >= 4 is 11.9 Å². The monoisotopic (exact) mass is 645 g/mol. The highest BCUT2D eigenvalue weighted by Crippen LogP contribution is 2.37. The molecule has 4 aromatic carbocycles. The number of nitrogens with zero attached hydrogens (tertiary/aromatic N) is 3. The zero-order chi connectivity index (χ0) is 33.6. The second kappa shape index (κ2) is 14.7. The van der Waals surface area contributed by atoms with Crippen molar-refractivity contribution in [2.45, 2.75) is 52.4 Å². The fourth-order valence-corrected chi connectivity index (χ4v) is 6.13. The van der Waals surface area contributed by atoms with Crippen LogP contribution in [0.25, 0.3) is 16.8 Å². The largest absolute Gasteiger partial charge is 0.461 e. The van der Waals surface area contributed by atoms with Crippen LogP contribution in [0.4, 0.5) is 0 Å². The fraction of sp³-hybridized carbons (Fsp3) is 0.256. The summed E-state index contributed by atoms with van der Waals surface area (Å²) in [6.07, 6.45) is 1.14. The molecule has 1 amide bonds. The Labute approximate surface area is 280 Å². The molecule has 0 aliphatic carbocycles. The Bertz CT molecular complexity index is 1920. The van der Waals surface area contributed by atoms with Crippen LogP contribution in [0.3, 0.4) is 0 Å². The molecule has 0 saturated carbocycles. The molecule has 9 nitrogen and oxygen atoms in total. The summed E-state index contributed by atoms with van der Waals surface area (Å²) in [6.45, 7) is 4.88. The van der Waals surface area contributed by atoms with Crippen LogP contribution < -0.4 is 4.74 Å². The predicted octanol–water partition coefficient (Wildman–Crippen LogP) is 7.03. The van der Waals surface area contributed by atoms with Gasteiger partial charge in [-0.15, -0.1) is 0 Å². The van der Waals surface area contributed by atoms with Gasteiger partial charge < -0.3 is 24.6 Å². The zero-order valence-electron chi connectivity index (χ0n) is 27.1. The highest BCUT2D eigenvalue weighted by molar-refractivity contribution is 6.05. The van der Waals surface area contributed by atoms with Crippen molar-refractivity contribution in [1.82, 2.24) is 14.7 Å². The summed E-state index contributed by atoms with van der Waals surface area (Å²) >= 11 is 0. The number of aliphatic hydroxyl groups is 2. The quantitative estimate of drug-likeness (QED) is 0.117. The minimum Gasteiger partial charge on any atom is -0.461 e. The molecule has 0 bridgehead atoms. The molecular weight excluding hydrogens is 606 g/mol. The number of esters is 1. The van der Waals surface area contributed by atoms with Crippen molar-refractivity contribution < 1.29 is 29.3 Å². The number of carbonyl (C=O) groups excluding carboxylic acids is 2. The number of amides is 1. The van der Waals surface area contributed by atoms with Crippen molar-refractivity contribution in [3.05, 3.63) is 131 Å². The van der Waals surface area contributed by atoms with E-state index in [0.29, 0.717) is 54.2 Å². The number of carbonyl (C=O) groups is 2. The third-order valence-electron chi connectivity index (χ3n) is 8.52. The van der Waals surface area contributed by atoms with Gasteiger partial charge in [0.05, 0.1) is 18.0 Å². The van der Waals surface area contributed by atoms with Crippen LogP contribution in [0.1, 0.15) is 76.2 Å². The standard InChI is InChI=1S/C39H39N3O6/c1-3-5-18-34-35(32-20-19-27(38(44)45)23-33(32)37(43)41-22-21-26-12-9-10-13-28(26)25-41)36(39(46)47-4-2)40-42(34)29-14-11-17-31(24-29)48-30-15-7-6-8-16-30/h6-17,19-20,23-24,38,44-45H,3-5,18,21-22,25H2,1-2H3. The molecule has 1 aliphatic heterocycles. The van der Waals surface area contributed by atoms with E-state index in [0.717, 1.165) is 24.1 Å². The number of rotatable bonds is 11. The number of ether oxygens (including phenoxy) is 2. The van der Waals surface area contributed by atoms with E-state index >= 15 is 0 Å². The molecule has 0 fully saturated rings. The maximum atomic E-state index is 14.4. The smallest absolute Gasteiger partial charge is 0.359 e. The number of benzene rings is 4. The van der Waals surface area contributed by atoms with E-state index in [-0.39, 0.29) is 29.3 Å². The predicted molar refractivity (Wildman–Crippen MR) is 182 cm³/mol. The van der Waals surface area contributed by atoms with Crippen molar-refractivity contribution in [1.29, 1.82) is 0 Å². The van der Waals surface area contributed by atoms with E-state index in [1.807, 2.05) is 72.8 Å². The van der Waals surface area contributed by atoms with Crippen LogP contribution in [0.2, 0.25) is 0 Å². The minimum atomic E-state index is -1.79. The van der Waals surface area contributed by atoms with Crippen molar-refractivity contribution in [2.24, 2.45) is 0 Å². The van der Waals surface area contributed by atoms with Crippen LogP contribution in [-0.4, -0.2) is 49.9 Å². The lowest BCUT2D eigenvalue weighted by Crippen LogP contribution is -2.36. The molecule has 6 rings (SSSR count). The van der Waals surface area contributed by atoms with E-state index in [1.54, 1.807) is 28.6 Å². The third-order valence-corrected chi connectivity index (χ3v) is 8.52. The number of para-hydroxylation sites is 1. The van der Waals surface area contributed by atoms with Gasteiger partial charge in [-0.3, -0.25) is 4.79 Å². The van der Waals surface area contributed by atoms with Crippen LogP contribution in [0.15, 0.2) is 97.1 Å². The summed E-state index contributed by atoms with van der Waals surface area (Å²) in [4.78, 5) is 29.8. The Balaban J connectivity index is 1.51. The van der Waals surface area contributed by atoms with Crippen molar-refractivity contribution in [3.8, 4) is 28.3 Å². The highest BCUT2D eigenvalue weighted by Gasteiger charge is 2.31. The first-order valence-corrected chi connectivity index (χ1v) is 16.4.